The molecule has 0 radical (unpaired) electrons. The van der Waals surface area contributed by atoms with Crippen LogP contribution in [-0.2, 0) is 16.1 Å². The largest absolute Gasteiger partial charge is 0.468 e. The number of methoxy groups -OCH3 is 1. The van der Waals surface area contributed by atoms with E-state index in [1.807, 2.05) is 6.07 Å². The zero-order valence-corrected chi connectivity index (χ0v) is 13.8. The second kappa shape index (κ2) is 8.39. The van der Waals surface area contributed by atoms with E-state index < -0.39 is 16.8 Å². The van der Waals surface area contributed by atoms with E-state index in [1.165, 1.54) is 36.2 Å². The Morgan fingerprint density at radius 3 is 2.88 bits per heavy atom. The number of hydrogen-bond acceptors (Lipinski definition) is 7. The molecular weight excluding hydrogens is 342 g/mol. The van der Waals surface area contributed by atoms with E-state index in [-0.39, 0.29) is 36.5 Å². The maximum absolute atomic E-state index is 12.4. The van der Waals surface area contributed by atoms with Gasteiger partial charge in [0.2, 0.25) is 0 Å². The fourth-order valence-electron chi connectivity index (χ4n) is 2.17. The number of carbonyl (C=O) groups excluding carboxylic acids is 2. The van der Waals surface area contributed by atoms with Crippen molar-refractivity contribution >= 4 is 17.6 Å². The number of amides is 1. The number of rotatable bonds is 7. The van der Waals surface area contributed by atoms with Crippen LogP contribution < -0.4 is 5.32 Å². The first-order valence-corrected chi connectivity index (χ1v) is 7.50. The number of hydrogen-bond donors (Lipinski definition) is 1. The number of nitrogens with zero attached hydrogens (tertiary/aromatic N) is 4. The molecule has 0 fully saturated rings. The van der Waals surface area contributed by atoms with Crippen LogP contribution in [0.5, 0.6) is 0 Å². The van der Waals surface area contributed by atoms with Crippen molar-refractivity contribution in [1.82, 2.24) is 15.1 Å². The molecule has 2 rings (SSSR count). The summed E-state index contributed by atoms with van der Waals surface area (Å²) in [5.74, 6) is -1.20. The molecule has 26 heavy (non-hydrogen) atoms. The first-order chi connectivity index (χ1) is 12.5. The molecule has 0 bridgehead atoms. The number of non-ortho nitro benzene ring substituents is 1. The summed E-state index contributed by atoms with van der Waals surface area (Å²) in [5, 5.41) is 26.3. The Balaban J connectivity index is 2.40. The van der Waals surface area contributed by atoms with Crippen LogP contribution in [0.15, 0.2) is 30.5 Å². The third kappa shape index (κ3) is 4.41. The topological polar surface area (TPSA) is 140 Å². The number of nitriles is 1. The molecule has 0 saturated carbocycles. The standard InChI is InChI=1S/C16H15N5O5/c1-26-14(22)9-18-16(23)13-10-20(7-3-6-17)19-15(13)11-4-2-5-12(8-11)21(24)25/h2,4-5,8,10H,3,7,9H2,1H3,(H,18,23). The predicted octanol–water partition coefficient (Wildman–Crippen LogP) is 1.27. The Hall–Kier alpha value is -3.74. The van der Waals surface area contributed by atoms with Gasteiger partial charge < -0.3 is 10.1 Å². The lowest BCUT2D eigenvalue weighted by atomic mass is 10.1. The number of nitrogens with one attached hydrogen (secondary N) is 1. The maximum atomic E-state index is 12.4. The van der Waals surface area contributed by atoms with Gasteiger partial charge in [-0.05, 0) is 0 Å². The summed E-state index contributed by atoms with van der Waals surface area (Å²) in [6.45, 7) is -0.0736. The number of esters is 1. The highest BCUT2D eigenvalue weighted by atomic mass is 16.6. The number of aromatic nitrogens is 2. The number of benzene rings is 1. The molecule has 0 unspecified atom stereocenters. The molecule has 0 saturated heterocycles. The van der Waals surface area contributed by atoms with Crippen molar-refractivity contribution in [2.24, 2.45) is 0 Å². The molecule has 1 heterocycles. The van der Waals surface area contributed by atoms with Crippen LogP contribution in [0.1, 0.15) is 16.8 Å². The van der Waals surface area contributed by atoms with Gasteiger partial charge in [-0.3, -0.25) is 24.4 Å². The fraction of sp³-hybridized carbons (Fsp3) is 0.250. The van der Waals surface area contributed by atoms with Gasteiger partial charge in [-0.25, -0.2) is 0 Å². The predicted molar refractivity (Wildman–Crippen MR) is 88.9 cm³/mol. The van der Waals surface area contributed by atoms with E-state index in [1.54, 1.807) is 6.07 Å². The highest BCUT2D eigenvalue weighted by molar-refractivity contribution is 6.01. The minimum absolute atomic E-state index is 0.132. The second-order valence-electron chi connectivity index (χ2n) is 5.13. The van der Waals surface area contributed by atoms with E-state index in [2.05, 4.69) is 15.2 Å². The minimum atomic E-state index is -0.618. The van der Waals surface area contributed by atoms with Crippen LogP contribution in [-0.4, -0.2) is 40.2 Å². The van der Waals surface area contributed by atoms with Gasteiger partial charge in [0, 0.05) is 23.9 Å². The molecule has 0 spiro atoms. The van der Waals surface area contributed by atoms with Gasteiger partial charge in [-0.2, -0.15) is 10.4 Å². The Morgan fingerprint density at radius 1 is 1.46 bits per heavy atom. The molecule has 0 aliphatic heterocycles. The van der Waals surface area contributed by atoms with E-state index in [4.69, 9.17) is 5.26 Å². The minimum Gasteiger partial charge on any atom is -0.468 e. The Morgan fingerprint density at radius 2 is 2.23 bits per heavy atom. The molecule has 2 aromatic rings. The normalized spacial score (nSPS) is 10.0. The summed E-state index contributed by atoms with van der Waals surface area (Å²) in [6, 6.07) is 7.67. The highest BCUT2D eigenvalue weighted by Gasteiger charge is 2.20. The van der Waals surface area contributed by atoms with Crippen LogP contribution in [0.25, 0.3) is 11.3 Å². The van der Waals surface area contributed by atoms with Crippen molar-refractivity contribution in [3.63, 3.8) is 0 Å². The Kier molecular flexibility index (Phi) is 6.00. The number of nitro benzene ring substituents is 1. The van der Waals surface area contributed by atoms with Crippen molar-refractivity contribution in [2.75, 3.05) is 13.7 Å². The molecule has 1 N–H and O–H groups in total. The van der Waals surface area contributed by atoms with Gasteiger partial charge in [0.25, 0.3) is 11.6 Å². The quantitative estimate of drug-likeness (QED) is 0.447. The number of aryl methyl sites for hydroxylation is 1. The maximum Gasteiger partial charge on any atom is 0.325 e. The third-order valence-electron chi connectivity index (χ3n) is 3.41. The van der Waals surface area contributed by atoms with E-state index >= 15 is 0 Å². The average molecular weight is 357 g/mol. The molecule has 0 atom stereocenters. The summed E-state index contributed by atoms with van der Waals surface area (Å²) in [6.07, 6.45) is 1.61. The van der Waals surface area contributed by atoms with Crippen LogP contribution in [0, 0.1) is 21.4 Å². The van der Waals surface area contributed by atoms with Crippen molar-refractivity contribution in [1.29, 1.82) is 5.26 Å². The molecule has 134 valence electrons. The smallest absolute Gasteiger partial charge is 0.325 e. The zero-order chi connectivity index (χ0) is 19.1. The van der Waals surface area contributed by atoms with E-state index in [0.717, 1.165) is 0 Å². The molecule has 1 amide bonds. The Labute approximate surface area is 148 Å². The first-order valence-electron chi connectivity index (χ1n) is 7.50. The first kappa shape index (κ1) is 18.6. The summed E-state index contributed by atoms with van der Waals surface area (Å²) < 4.78 is 5.87. The molecular formula is C16H15N5O5. The van der Waals surface area contributed by atoms with E-state index in [0.29, 0.717) is 5.56 Å². The van der Waals surface area contributed by atoms with Gasteiger partial charge in [0.05, 0.1) is 36.6 Å². The molecule has 10 heteroatoms. The summed E-state index contributed by atoms with van der Waals surface area (Å²) >= 11 is 0. The van der Waals surface area contributed by atoms with Gasteiger partial charge in [-0.1, -0.05) is 12.1 Å². The number of ether oxygens (including phenoxy) is 1. The monoisotopic (exact) mass is 357 g/mol. The van der Waals surface area contributed by atoms with Crippen molar-refractivity contribution in [2.45, 2.75) is 13.0 Å². The van der Waals surface area contributed by atoms with Gasteiger partial charge in [0.1, 0.15) is 12.2 Å². The van der Waals surface area contributed by atoms with Crippen LogP contribution in [0.3, 0.4) is 0 Å². The average Bonchev–Trinajstić information content (AvgIpc) is 3.08. The summed E-state index contributed by atoms with van der Waals surface area (Å²) in [5.41, 5.74) is 0.578. The summed E-state index contributed by atoms with van der Waals surface area (Å²) in [7, 11) is 1.20. The summed E-state index contributed by atoms with van der Waals surface area (Å²) in [4.78, 5) is 34.0. The lowest BCUT2D eigenvalue weighted by molar-refractivity contribution is -0.384. The van der Waals surface area contributed by atoms with Crippen molar-refractivity contribution < 1.29 is 19.2 Å². The molecule has 0 aliphatic rings. The Bertz CT molecular complexity index is 883. The van der Waals surface area contributed by atoms with E-state index in [9.17, 15) is 19.7 Å². The van der Waals surface area contributed by atoms with Gasteiger partial charge in [-0.15, -0.1) is 0 Å². The number of carbonyl (C=O) groups is 2. The molecule has 0 aliphatic carbocycles. The van der Waals surface area contributed by atoms with Crippen molar-refractivity contribution in [3.05, 3.63) is 46.1 Å². The lowest BCUT2D eigenvalue weighted by Gasteiger charge is -2.04. The molecule has 1 aromatic carbocycles. The molecule has 1 aromatic heterocycles. The molecule has 10 nitrogen and oxygen atoms in total. The fourth-order valence-corrected chi connectivity index (χ4v) is 2.17. The highest BCUT2D eigenvalue weighted by Crippen LogP contribution is 2.26. The number of nitro groups is 1. The second-order valence-corrected chi connectivity index (χ2v) is 5.13. The zero-order valence-electron chi connectivity index (χ0n) is 13.8. The van der Waals surface area contributed by atoms with Gasteiger partial charge >= 0.3 is 5.97 Å². The van der Waals surface area contributed by atoms with Crippen molar-refractivity contribution in [3.8, 4) is 17.3 Å². The van der Waals surface area contributed by atoms with Crippen LogP contribution in [0.4, 0.5) is 5.69 Å². The third-order valence-corrected chi connectivity index (χ3v) is 3.41. The van der Waals surface area contributed by atoms with Gasteiger partial charge in [0.15, 0.2) is 0 Å². The lowest BCUT2D eigenvalue weighted by Crippen LogP contribution is -2.30. The van der Waals surface area contributed by atoms with Crippen LogP contribution in [0.2, 0.25) is 0 Å². The van der Waals surface area contributed by atoms with Crippen LogP contribution >= 0.6 is 0 Å². The SMILES string of the molecule is COC(=O)CNC(=O)c1cn(CCC#N)nc1-c1cccc([N+](=O)[O-])c1.